The molecule has 2 aromatic rings. The first kappa shape index (κ1) is 14.5. The number of anilines is 1. The molecule has 0 saturated carbocycles. The van der Waals surface area contributed by atoms with Crippen LogP contribution in [0.15, 0.2) is 40.9 Å². The first-order valence-corrected chi connectivity index (χ1v) is 8.18. The third-order valence-electron chi connectivity index (χ3n) is 3.99. The Morgan fingerprint density at radius 1 is 1.14 bits per heavy atom. The molecule has 0 amide bonds. The Kier molecular flexibility index (Phi) is 4.20. The lowest BCUT2D eigenvalue weighted by Gasteiger charge is -2.18. The summed E-state index contributed by atoms with van der Waals surface area (Å²) in [6.45, 7) is 5.06. The molecule has 0 aromatic heterocycles. The summed E-state index contributed by atoms with van der Waals surface area (Å²) in [7, 11) is 0. The lowest BCUT2D eigenvalue weighted by molar-refractivity contribution is 0.206. The third kappa shape index (κ3) is 3.24. The molecule has 110 valence electrons. The normalized spacial score (nSPS) is 17.6. The summed E-state index contributed by atoms with van der Waals surface area (Å²) in [5.41, 5.74) is 5.06. The second kappa shape index (κ2) is 6.10. The van der Waals surface area contributed by atoms with Gasteiger partial charge in [0.05, 0.1) is 6.54 Å². The van der Waals surface area contributed by atoms with E-state index in [1.54, 1.807) is 0 Å². The van der Waals surface area contributed by atoms with E-state index in [4.69, 9.17) is 4.74 Å². The molecule has 1 aliphatic heterocycles. The molecule has 0 spiro atoms. The summed E-state index contributed by atoms with van der Waals surface area (Å²) in [4.78, 5) is 0. The van der Waals surface area contributed by atoms with Crippen LogP contribution in [0.2, 0.25) is 0 Å². The number of aryl methyl sites for hydroxylation is 3. The molecular weight excluding hydrogens is 326 g/mol. The van der Waals surface area contributed by atoms with Gasteiger partial charge < -0.3 is 10.1 Å². The van der Waals surface area contributed by atoms with E-state index in [9.17, 15) is 0 Å². The molecule has 0 aliphatic carbocycles. The monoisotopic (exact) mass is 345 g/mol. The molecule has 21 heavy (non-hydrogen) atoms. The largest absolute Gasteiger partial charge is 0.489 e. The van der Waals surface area contributed by atoms with Gasteiger partial charge >= 0.3 is 0 Å². The van der Waals surface area contributed by atoms with Gasteiger partial charge in [-0.15, -0.1) is 0 Å². The van der Waals surface area contributed by atoms with E-state index in [1.165, 1.54) is 26.9 Å². The molecule has 1 unspecified atom stereocenters. The second-order valence-corrected chi connectivity index (χ2v) is 6.48. The number of hydrogen-bond donors (Lipinski definition) is 1. The van der Waals surface area contributed by atoms with Crippen molar-refractivity contribution < 1.29 is 4.74 Å². The number of ether oxygens (including phenoxy) is 1. The zero-order valence-electron chi connectivity index (χ0n) is 12.4. The van der Waals surface area contributed by atoms with Gasteiger partial charge in [-0.25, -0.2) is 0 Å². The quantitative estimate of drug-likeness (QED) is 0.838. The van der Waals surface area contributed by atoms with Crippen LogP contribution in [-0.2, 0) is 6.42 Å². The second-order valence-electron chi connectivity index (χ2n) is 5.69. The maximum atomic E-state index is 6.20. The van der Waals surface area contributed by atoms with Gasteiger partial charge in [0.25, 0.3) is 0 Å². The molecule has 1 heterocycles. The molecule has 3 rings (SSSR count). The van der Waals surface area contributed by atoms with Gasteiger partial charge in [-0.1, -0.05) is 34.1 Å². The van der Waals surface area contributed by atoms with Crippen LogP contribution in [0.1, 0.15) is 23.1 Å². The minimum Gasteiger partial charge on any atom is -0.489 e. The molecule has 1 aliphatic rings. The van der Waals surface area contributed by atoms with Crippen molar-refractivity contribution in [1.82, 2.24) is 0 Å². The summed E-state index contributed by atoms with van der Waals surface area (Å²) >= 11 is 3.60. The van der Waals surface area contributed by atoms with E-state index in [0.29, 0.717) is 0 Å². The number of benzene rings is 2. The van der Waals surface area contributed by atoms with Crippen molar-refractivity contribution in [3.8, 4) is 5.75 Å². The van der Waals surface area contributed by atoms with Gasteiger partial charge in [0.2, 0.25) is 0 Å². The SMILES string of the molecule is Cc1cc(OC2CCc3ccccc3NC2)cc(C)c1Br. The molecule has 0 fully saturated rings. The van der Waals surface area contributed by atoms with Crippen LogP contribution in [0.4, 0.5) is 5.69 Å². The van der Waals surface area contributed by atoms with Crippen molar-refractivity contribution in [2.75, 3.05) is 11.9 Å². The molecule has 1 atom stereocenters. The van der Waals surface area contributed by atoms with Crippen LogP contribution < -0.4 is 10.1 Å². The standard InChI is InChI=1S/C18H20BrNO/c1-12-9-16(10-13(2)18(12)19)21-15-8-7-14-5-3-4-6-17(14)20-11-15/h3-6,9-10,15,20H,7-8,11H2,1-2H3. The number of rotatable bonds is 2. The predicted molar refractivity (Wildman–Crippen MR) is 91.3 cm³/mol. The van der Waals surface area contributed by atoms with Crippen LogP contribution in [-0.4, -0.2) is 12.6 Å². The fourth-order valence-corrected chi connectivity index (χ4v) is 3.05. The van der Waals surface area contributed by atoms with Crippen LogP contribution >= 0.6 is 15.9 Å². The number of halogens is 1. The van der Waals surface area contributed by atoms with Gasteiger partial charge in [0, 0.05) is 10.2 Å². The van der Waals surface area contributed by atoms with E-state index in [2.05, 4.69) is 71.5 Å². The first-order valence-electron chi connectivity index (χ1n) is 7.38. The molecular formula is C18H20BrNO. The molecule has 2 aromatic carbocycles. The van der Waals surface area contributed by atoms with Gasteiger partial charge in [-0.3, -0.25) is 0 Å². The average Bonchev–Trinajstić information content (AvgIpc) is 2.68. The molecule has 0 saturated heterocycles. The molecule has 2 nitrogen and oxygen atoms in total. The highest BCUT2D eigenvalue weighted by atomic mass is 79.9. The van der Waals surface area contributed by atoms with Crippen molar-refractivity contribution in [2.45, 2.75) is 32.8 Å². The van der Waals surface area contributed by atoms with Crippen LogP contribution in [0.3, 0.4) is 0 Å². The summed E-state index contributed by atoms with van der Waals surface area (Å²) in [5, 5.41) is 3.50. The van der Waals surface area contributed by atoms with Gasteiger partial charge in [-0.05, 0) is 61.6 Å². The van der Waals surface area contributed by atoms with Crippen LogP contribution in [0, 0.1) is 13.8 Å². The Morgan fingerprint density at radius 3 is 2.62 bits per heavy atom. The first-order chi connectivity index (χ1) is 10.1. The van der Waals surface area contributed by atoms with E-state index in [1.807, 2.05) is 0 Å². The number of para-hydroxylation sites is 1. The highest BCUT2D eigenvalue weighted by Gasteiger charge is 2.17. The van der Waals surface area contributed by atoms with Gasteiger partial charge in [0.1, 0.15) is 11.9 Å². The highest BCUT2D eigenvalue weighted by Crippen LogP contribution is 2.28. The molecule has 0 radical (unpaired) electrons. The Labute approximate surface area is 134 Å². The van der Waals surface area contributed by atoms with E-state index < -0.39 is 0 Å². The predicted octanol–water partition coefficient (Wildman–Crippen LogP) is 4.87. The number of hydrogen-bond acceptors (Lipinski definition) is 2. The summed E-state index contributed by atoms with van der Waals surface area (Å²) in [6.07, 6.45) is 2.30. The summed E-state index contributed by atoms with van der Waals surface area (Å²) in [6, 6.07) is 12.7. The third-order valence-corrected chi connectivity index (χ3v) is 5.24. The Hall–Kier alpha value is -1.48. The van der Waals surface area contributed by atoms with Crippen molar-refractivity contribution in [1.29, 1.82) is 0 Å². The summed E-state index contributed by atoms with van der Waals surface area (Å²) in [5.74, 6) is 0.964. The fourth-order valence-electron chi connectivity index (χ4n) is 2.82. The molecule has 3 heteroatoms. The highest BCUT2D eigenvalue weighted by molar-refractivity contribution is 9.10. The van der Waals surface area contributed by atoms with Crippen molar-refractivity contribution in [2.24, 2.45) is 0 Å². The Bertz CT molecular complexity index is 603. The van der Waals surface area contributed by atoms with Gasteiger partial charge in [0.15, 0.2) is 0 Å². The van der Waals surface area contributed by atoms with Crippen molar-refractivity contribution in [3.05, 3.63) is 57.6 Å². The Morgan fingerprint density at radius 2 is 1.86 bits per heavy atom. The number of fused-ring (bicyclic) bond motifs is 1. The lowest BCUT2D eigenvalue weighted by atomic mass is 10.1. The molecule has 1 N–H and O–H groups in total. The maximum Gasteiger partial charge on any atom is 0.120 e. The van der Waals surface area contributed by atoms with Crippen molar-refractivity contribution in [3.63, 3.8) is 0 Å². The Balaban J connectivity index is 1.73. The fraction of sp³-hybridized carbons (Fsp3) is 0.333. The summed E-state index contributed by atoms with van der Waals surface area (Å²) < 4.78 is 7.37. The van der Waals surface area contributed by atoms with Crippen molar-refractivity contribution >= 4 is 21.6 Å². The number of nitrogens with one attached hydrogen (secondary N) is 1. The van der Waals surface area contributed by atoms with E-state index in [0.717, 1.165) is 25.1 Å². The smallest absolute Gasteiger partial charge is 0.120 e. The average molecular weight is 346 g/mol. The minimum atomic E-state index is 0.206. The van der Waals surface area contributed by atoms with E-state index >= 15 is 0 Å². The van der Waals surface area contributed by atoms with Gasteiger partial charge in [-0.2, -0.15) is 0 Å². The topological polar surface area (TPSA) is 21.3 Å². The maximum absolute atomic E-state index is 6.20. The zero-order valence-corrected chi connectivity index (χ0v) is 14.0. The van der Waals surface area contributed by atoms with E-state index in [-0.39, 0.29) is 6.10 Å². The minimum absolute atomic E-state index is 0.206. The zero-order chi connectivity index (χ0) is 14.8. The van der Waals surface area contributed by atoms with Crippen LogP contribution in [0.25, 0.3) is 0 Å². The van der Waals surface area contributed by atoms with Crippen LogP contribution in [0.5, 0.6) is 5.75 Å². The lowest BCUT2D eigenvalue weighted by Crippen LogP contribution is -2.25. The molecule has 0 bridgehead atoms.